The molecule has 2 aromatic rings. The molecule has 2 N–H and O–H groups in total. The molecule has 1 aromatic carbocycles. The number of carbonyl (C=O) groups excluding carboxylic acids is 2. The maximum Gasteiger partial charge on any atom is 0.240 e. The van der Waals surface area contributed by atoms with Crippen LogP contribution in [0.4, 0.5) is 0 Å². The second-order valence-electron chi connectivity index (χ2n) is 5.05. The van der Waals surface area contributed by atoms with E-state index in [0.29, 0.717) is 0 Å². The van der Waals surface area contributed by atoms with Gasteiger partial charge in [-0.2, -0.15) is 0 Å². The normalized spacial score (nSPS) is 11.5. The van der Waals surface area contributed by atoms with E-state index in [2.05, 4.69) is 15.6 Å². The minimum Gasteiger partial charge on any atom is -0.347 e. The molecular weight excluding hydrogens is 278 g/mol. The van der Waals surface area contributed by atoms with Crippen molar-refractivity contribution in [3.8, 4) is 0 Å². The molecule has 0 aliphatic carbocycles. The zero-order valence-corrected chi connectivity index (χ0v) is 12.7. The van der Waals surface area contributed by atoms with Crippen LogP contribution >= 0.6 is 0 Å². The largest absolute Gasteiger partial charge is 0.347 e. The molecule has 1 heterocycles. The lowest BCUT2D eigenvalue weighted by Crippen LogP contribution is -2.38. The molecule has 0 saturated heterocycles. The quantitative estimate of drug-likeness (QED) is 0.883. The number of amides is 2. The van der Waals surface area contributed by atoms with E-state index in [1.54, 1.807) is 12.4 Å². The van der Waals surface area contributed by atoms with Gasteiger partial charge in [0.2, 0.25) is 11.8 Å². The number of rotatable bonds is 5. The van der Waals surface area contributed by atoms with Gasteiger partial charge in [0.15, 0.2) is 0 Å². The van der Waals surface area contributed by atoms with Crippen molar-refractivity contribution in [3.63, 3.8) is 0 Å². The predicted molar refractivity (Wildman–Crippen MR) is 84.1 cm³/mol. The van der Waals surface area contributed by atoms with Gasteiger partial charge in [-0.15, -0.1) is 0 Å². The number of hydrogen-bond acceptors (Lipinski definition) is 3. The summed E-state index contributed by atoms with van der Waals surface area (Å²) in [5, 5.41) is 5.47. The highest BCUT2D eigenvalue weighted by molar-refractivity contribution is 5.84. The smallest absolute Gasteiger partial charge is 0.240 e. The third kappa shape index (κ3) is 4.15. The Bertz CT molecular complexity index is 656. The molecule has 1 aromatic heterocycles. The van der Waals surface area contributed by atoms with Crippen molar-refractivity contribution in [2.45, 2.75) is 19.9 Å². The maximum atomic E-state index is 12.1. The number of nitrogens with one attached hydrogen (secondary N) is 2. The third-order valence-electron chi connectivity index (χ3n) is 3.34. The molecule has 0 spiro atoms. The highest BCUT2D eigenvalue weighted by atomic mass is 16.2. The second kappa shape index (κ2) is 7.36. The lowest BCUT2D eigenvalue weighted by molar-refractivity contribution is -0.125. The van der Waals surface area contributed by atoms with Crippen LogP contribution in [0, 0.1) is 6.92 Å². The molecule has 0 saturated carbocycles. The van der Waals surface area contributed by atoms with Crippen LogP contribution in [0.15, 0.2) is 48.8 Å². The summed E-state index contributed by atoms with van der Waals surface area (Å²) in [7, 11) is 0. The van der Waals surface area contributed by atoms with Crippen LogP contribution in [0.3, 0.4) is 0 Å². The highest BCUT2D eigenvalue weighted by Gasteiger charge is 2.18. The van der Waals surface area contributed by atoms with Gasteiger partial charge in [0.1, 0.15) is 0 Å². The third-order valence-corrected chi connectivity index (χ3v) is 3.34. The van der Waals surface area contributed by atoms with E-state index >= 15 is 0 Å². The van der Waals surface area contributed by atoms with E-state index in [1.165, 1.54) is 6.92 Å². The molecule has 5 heteroatoms. The van der Waals surface area contributed by atoms with Gasteiger partial charge in [0.25, 0.3) is 0 Å². The first kappa shape index (κ1) is 15.7. The number of aryl methyl sites for hydroxylation is 1. The molecule has 2 rings (SSSR count). The first-order valence-corrected chi connectivity index (χ1v) is 7.07. The molecule has 0 radical (unpaired) electrons. The standard InChI is InChI=1S/C17H19N3O2/c1-12-5-3-4-6-15(12)17(14-7-9-18-10-8-14)20-16(22)11-19-13(2)21/h3-10,17H,11H2,1-2H3,(H,19,21)(H,20,22)/t17-/m0/s1. The summed E-state index contributed by atoms with van der Waals surface area (Å²) >= 11 is 0. The van der Waals surface area contributed by atoms with Gasteiger partial charge in [0.05, 0.1) is 12.6 Å². The van der Waals surface area contributed by atoms with Gasteiger partial charge in [-0.3, -0.25) is 14.6 Å². The number of hydrogen-bond donors (Lipinski definition) is 2. The van der Waals surface area contributed by atoms with E-state index in [1.807, 2.05) is 43.3 Å². The first-order chi connectivity index (χ1) is 10.6. The summed E-state index contributed by atoms with van der Waals surface area (Å²) in [6.45, 7) is 3.35. The molecular formula is C17H19N3O2. The summed E-state index contributed by atoms with van der Waals surface area (Å²) in [5.41, 5.74) is 3.05. The number of nitrogens with zero attached hydrogens (tertiary/aromatic N) is 1. The zero-order valence-electron chi connectivity index (χ0n) is 12.7. The maximum absolute atomic E-state index is 12.1. The van der Waals surface area contributed by atoms with E-state index < -0.39 is 0 Å². The monoisotopic (exact) mass is 297 g/mol. The number of aromatic nitrogens is 1. The summed E-state index contributed by atoms with van der Waals surface area (Å²) in [5.74, 6) is -0.466. The van der Waals surface area contributed by atoms with Crippen LogP contribution in [0.2, 0.25) is 0 Å². The fourth-order valence-corrected chi connectivity index (χ4v) is 2.22. The second-order valence-corrected chi connectivity index (χ2v) is 5.05. The van der Waals surface area contributed by atoms with Crippen LogP contribution in [-0.4, -0.2) is 23.3 Å². The molecule has 0 aliphatic heterocycles. The SMILES string of the molecule is CC(=O)NCC(=O)N[C@@H](c1ccncc1)c1ccccc1C. The Morgan fingerprint density at radius 1 is 1.14 bits per heavy atom. The van der Waals surface area contributed by atoms with Crippen molar-refractivity contribution in [2.24, 2.45) is 0 Å². The Hall–Kier alpha value is -2.69. The molecule has 0 fully saturated rings. The first-order valence-electron chi connectivity index (χ1n) is 7.07. The Balaban J connectivity index is 2.25. The van der Waals surface area contributed by atoms with Crippen LogP contribution in [0.25, 0.3) is 0 Å². The average molecular weight is 297 g/mol. The summed E-state index contributed by atoms with van der Waals surface area (Å²) in [4.78, 5) is 27.0. The topological polar surface area (TPSA) is 71.1 Å². The lowest BCUT2D eigenvalue weighted by atomic mass is 9.95. The van der Waals surface area contributed by atoms with Gasteiger partial charge in [0, 0.05) is 19.3 Å². The Morgan fingerprint density at radius 2 is 1.82 bits per heavy atom. The van der Waals surface area contributed by atoms with Crippen molar-refractivity contribution in [1.82, 2.24) is 15.6 Å². The lowest BCUT2D eigenvalue weighted by Gasteiger charge is -2.21. The highest BCUT2D eigenvalue weighted by Crippen LogP contribution is 2.24. The fourth-order valence-electron chi connectivity index (χ4n) is 2.22. The van der Waals surface area contributed by atoms with Gasteiger partial charge in [-0.05, 0) is 35.7 Å². The van der Waals surface area contributed by atoms with Crippen molar-refractivity contribution in [3.05, 3.63) is 65.5 Å². The molecule has 0 bridgehead atoms. The van der Waals surface area contributed by atoms with E-state index in [-0.39, 0.29) is 24.4 Å². The zero-order chi connectivity index (χ0) is 15.9. The summed E-state index contributed by atoms with van der Waals surface area (Å²) < 4.78 is 0. The fraction of sp³-hybridized carbons (Fsp3) is 0.235. The summed E-state index contributed by atoms with van der Waals surface area (Å²) in [6.07, 6.45) is 3.39. The van der Waals surface area contributed by atoms with Gasteiger partial charge in [-0.25, -0.2) is 0 Å². The molecule has 5 nitrogen and oxygen atoms in total. The number of pyridine rings is 1. The number of carbonyl (C=O) groups is 2. The van der Waals surface area contributed by atoms with Gasteiger partial charge >= 0.3 is 0 Å². The predicted octanol–water partition coefficient (Wildman–Crippen LogP) is 1.73. The van der Waals surface area contributed by atoms with E-state index in [4.69, 9.17) is 0 Å². The van der Waals surface area contributed by atoms with E-state index in [9.17, 15) is 9.59 Å². The van der Waals surface area contributed by atoms with Crippen molar-refractivity contribution < 1.29 is 9.59 Å². The van der Waals surface area contributed by atoms with E-state index in [0.717, 1.165) is 16.7 Å². The van der Waals surface area contributed by atoms with Crippen LogP contribution in [-0.2, 0) is 9.59 Å². The van der Waals surface area contributed by atoms with Crippen molar-refractivity contribution in [1.29, 1.82) is 0 Å². The Labute approximate surface area is 129 Å². The Morgan fingerprint density at radius 3 is 2.45 bits per heavy atom. The summed E-state index contributed by atoms with van der Waals surface area (Å²) in [6, 6.07) is 11.4. The van der Waals surface area contributed by atoms with Gasteiger partial charge in [-0.1, -0.05) is 24.3 Å². The Kier molecular flexibility index (Phi) is 5.25. The van der Waals surface area contributed by atoms with Crippen LogP contribution in [0.5, 0.6) is 0 Å². The molecule has 114 valence electrons. The molecule has 2 amide bonds. The molecule has 0 aliphatic rings. The van der Waals surface area contributed by atoms with Crippen molar-refractivity contribution in [2.75, 3.05) is 6.54 Å². The van der Waals surface area contributed by atoms with Crippen LogP contribution < -0.4 is 10.6 Å². The van der Waals surface area contributed by atoms with Gasteiger partial charge < -0.3 is 10.6 Å². The van der Waals surface area contributed by atoms with Crippen molar-refractivity contribution >= 4 is 11.8 Å². The molecule has 0 unspecified atom stereocenters. The average Bonchev–Trinajstić information content (AvgIpc) is 2.52. The molecule has 1 atom stereocenters. The minimum absolute atomic E-state index is 0.0389. The molecule has 22 heavy (non-hydrogen) atoms. The number of benzene rings is 1. The minimum atomic E-state index is -0.273. The van der Waals surface area contributed by atoms with Crippen LogP contribution in [0.1, 0.15) is 29.7 Å².